The van der Waals surface area contributed by atoms with Crippen LogP contribution in [0.4, 0.5) is 0 Å². The smallest absolute Gasteiger partial charge is 0.251 e. The number of aryl methyl sites for hydroxylation is 1. The lowest BCUT2D eigenvalue weighted by Crippen LogP contribution is -2.34. The Balaban J connectivity index is 2.08. The highest BCUT2D eigenvalue weighted by Crippen LogP contribution is 2.18. The van der Waals surface area contributed by atoms with E-state index in [1.54, 1.807) is 24.3 Å². The maximum atomic E-state index is 12.5. The molecule has 0 radical (unpaired) electrons. The maximum Gasteiger partial charge on any atom is 0.251 e. The zero-order valence-electron chi connectivity index (χ0n) is 16.4. The van der Waals surface area contributed by atoms with E-state index < -0.39 is 9.84 Å². The predicted octanol–water partition coefficient (Wildman–Crippen LogP) is 2.83. The van der Waals surface area contributed by atoms with Gasteiger partial charge in [0.1, 0.15) is 0 Å². The summed E-state index contributed by atoms with van der Waals surface area (Å²) in [6.07, 6.45) is 2.18. The second kappa shape index (κ2) is 9.15. The van der Waals surface area contributed by atoms with Gasteiger partial charge in [-0.15, -0.1) is 0 Å². The maximum absolute atomic E-state index is 12.5. The molecule has 146 valence electrons. The predicted molar refractivity (Wildman–Crippen MR) is 110 cm³/mol. The Hall–Kier alpha value is -2.18. The van der Waals surface area contributed by atoms with E-state index in [1.807, 2.05) is 14.1 Å². The van der Waals surface area contributed by atoms with Crippen LogP contribution in [0.25, 0.3) is 0 Å². The standard InChI is InChI=1S/C21H28N2O3S/c1-5-16-9-11-18(12-10-16)20(23(2)3)14-22-21(24)19-8-6-7-17(13-19)15-27(4,25)26/h6-13,20H,5,14-15H2,1-4H3,(H,22,24). The van der Waals surface area contributed by atoms with Gasteiger partial charge in [0.2, 0.25) is 0 Å². The van der Waals surface area contributed by atoms with Gasteiger partial charge in [-0.1, -0.05) is 43.3 Å². The lowest BCUT2D eigenvalue weighted by molar-refractivity contribution is 0.0942. The van der Waals surface area contributed by atoms with Crippen molar-refractivity contribution in [3.05, 3.63) is 70.8 Å². The highest BCUT2D eigenvalue weighted by atomic mass is 32.2. The first-order valence-electron chi connectivity index (χ1n) is 8.99. The first-order valence-corrected chi connectivity index (χ1v) is 11.1. The summed E-state index contributed by atoms with van der Waals surface area (Å²) in [5, 5.41) is 2.97. The van der Waals surface area contributed by atoms with Crippen molar-refractivity contribution in [1.82, 2.24) is 10.2 Å². The van der Waals surface area contributed by atoms with Gasteiger partial charge in [-0.3, -0.25) is 4.79 Å². The number of sulfone groups is 1. The highest BCUT2D eigenvalue weighted by Gasteiger charge is 2.16. The molecule has 0 saturated carbocycles. The topological polar surface area (TPSA) is 66.5 Å². The molecule has 5 nitrogen and oxygen atoms in total. The number of hydrogen-bond donors (Lipinski definition) is 1. The molecule has 0 aliphatic heterocycles. The molecule has 1 amide bonds. The second-order valence-corrected chi connectivity index (χ2v) is 9.20. The van der Waals surface area contributed by atoms with Gasteiger partial charge < -0.3 is 10.2 Å². The number of benzene rings is 2. The summed E-state index contributed by atoms with van der Waals surface area (Å²) in [4.78, 5) is 14.6. The number of hydrogen-bond acceptors (Lipinski definition) is 4. The number of carbonyl (C=O) groups is 1. The fraction of sp³-hybridized carbons (Fsp3) is 0.381. The van der Waals surface area contributed by atoms with E-state index in [0.717, 1.165) is 12.0 Å². The Morgan fingerprint density at radius 3 is 2.30 bits per heavy atom. The van der Waals surface area contributed by atoms with Gasteiger partial charge in [0, 0.05) is 18.4 Å². The van der Waals surface area contributed by atoms with Crippen LogP contribution in [0.15, 0.2) is 48.5 Å². The lowest BCUT2D eigenvalue weighted by atomic mass is 10.0. The van der Waals surface area contributed by atoms with Crippen molar-refractivity contribution in [1.29, 1.82) is 0 Å². The molecular weight excluding hydrogens is 360 g/mol. The Labute approximate surface area is 162 Å². The zero-order valence-corrected chi connectivity index (χ0v) is 17.2. The average Bonchev–Trinajstić information content (AvgIpc) is 2.60. The van der Waals surface area contributed by atoms with Crippen molar-refractivity contribution in [2.45, 2.75) is 25.1 Å². The van der Waals surface area contributed by atoms with Crippen molar-refractivity contribution >= 4 is 15.7 Å². The van der Waals surface area contributed by atoms with Crippen LogP contribution in [0.1, 0.15) is 40.0 Å². The monoisotopic (exact) mass is 388 g/mol. The number of carbonyl (C=O) groups excluding carboxylic acids is 1. The van der Waals surface area contributed by atoms with E-state index in [4.69, 9.17) is 0 Å². The van der Waals surface area contributed by atoms with Gasteiger partial charge in [-0.2, -0.15) is 0 Å². The van der Waals surface area contributed by atoms with Crippen molar-refractivity contribution in [3.63, 3.8) is 0 Å². The van der Waals surface area contributed by atoms with E-state index in [2.05, 4.69) is 41.4 Å². The molecule has 0 saturated heterocycles. The summed E-state index contributed by atoms with van der Waals surface area (Å²) in [6.45, 7) is 2.59. The van der Waals surface area contributed by atoms with Crippen LogP contribution in [-0.4, -0.2) is 46.1 Å². The minimum atomic E-state index is -3.14. The zero-order chi connectivity index (χ0) is 20.0. The Morgan fingerprint density at radius 2 is 1.74 bits per heavy atom. The van der Waals surface area contributed by atoms with Crippen LogP contribution in [0.3, 0.4) is 0 Å². The van der Waals surface area contributed by atoms with Crippen molar-refractivity contribution in [2.75, 3.05) is 26.9 Å². The third-order valence-corrected chi connectivity index (χ3v) is 5.33. The molecule has 0 aliphatic rings. The van der Waals surface area contributed by atoms with Crippen LogP contribution in [0.5, 0.6) is 0 Å². The third kappa shape index (κ3) is 6.48. The molecule has 0 heterocycles. The molecule has 0 spiro atoms. The molecule has 2 aromatic carbocycles. The lowest BCUT2D eigenvalue weighted by Gasteiger charge is -2.25. The normalized spacial score (nSPS) is 12.8. The Morgan fingerprint density at radius 1 is 1.07 bits per heavy atom. The van der Waals surface area contributed by atoms with E-state index in [0.29, 0.717) is 17.7 Å². The number of nitrogens with zero attached hydrogens (tertiary/aromatic N) is 1. The molecular formula is C21H28N2O3S. The first-order chi connectivity index (χ1) is 12.7. The molecule has 0 aromatic heterocycles. The molecule has 1 atom stereocenters. The summed E-state index contributed by atoms with van der Waals surface area (Å²) in [6, 6.07) is 15.2. The summed E-state index contributed by atoms with van der Waals surface area (Å²) >= 11 is 0. The molecule has 2 rings (SSSR count). The van der Waals surface area contributed by atoms with Gasteiger partial charge in [0.25, 0.3) is 5.91 Å². The molecule has 0 aliphatic carbocycles. The van der Waals surface area contributed by atoms with Crippen molar-refractivity contribution in [3.8, 4) is 0 Å². The van der Waals surface area contributed by atoms with Gasteiger partial charge in [0.15, 0.2) is 9.84 Å². The van der Waals surface area contributed by atoms with E-state index in [-0.39, 0.29) is 17.7 Å². The van der Waals surface area contributed by atoms with Crippen LogP contribution >= 0.6 is 0 Å². The average molecular weight is 389 g/mol. The van der Waals surface area contributed by atoms with Crippen LogP contribution < -0.4 is 5.32 Å². The van der Waals surface area contributed by atoms with Gasteiger partial charge in [-0.05, 0) is 49.3 Å². The summed E-state index contributed by atoms with van der Waals surface area (Å²) in [5.74, 6) is -0.277. The van der Waals surface area contributed by atoms with E-state index in [9.17, 15) is 13.2 Å². The van der Waals surface area contributed by atoms with Gasteiger partial charge >= 0.3 is 0 Å². The fourth-order valence-electron chi connectivity index (χ4n) is 2.97. The number of likely N-dealkylation sites (N-methyl/N-ethyl adjacent to an activating group) is 1. The van der Waals surface area contributed by atoms with Crippen LogP contribution in [0, 0.1) is 0 Å². The fourth-order valence-corrected chi connectivity index (χ4v) is 3.76. The van der Waals surface area contributed by atoms with E-state index in [1.165, 1.54) is 11.8 Å². The van der Waals surface area contributed by atoms with Crippen molar-refractivity contribution in [2.24, 2.45) is 0 Å². The SMILES string of the molecule is CCc1ccc(C(CNC(=O)c2cccc(CS(C)(=O)=O)c2)N(C)C)cc1. The molecule has 1 unspecified atom stereocenters. The minimum Gasteiger partial charge on any atom is -0.350 e. The quantitative estimate of drug-likeness (QED) is 0.755. The van der Waals surface area contributed by atoms with Crippen LogP contribution in [0.2, 0.25) is 0 Å². The molecule has 0 bridgehead atoms. The summed E-state index contributed by atoms with van der Waals surface area (Å²) in [7, 11) is 0.830. The summed E-state index contributed by atoms with van der Waals surface area (Å²) < 4.78 is 22.9. The van der Waals surface area contributed by atoms with Crippen LogP contribution in [-0.2, 0) is 22.0 Å². The highest BCUT2D eigenvalue weighted by molar-refractivity contribution is 7.89. The summed E-state index contributed by atoms with van der Waals surface area (Å²) in [5.41, 5.74) is 3.51. The molecule has 2 aromatic rings. The number of rotatable bonds is 8. The second-order valence-electron chi connectivity index (χ2n) is 7.06. The largest absolute Gasteiger partial charge is 0.350 e. The Kier molecular flexibility index (Phi) is 7.16. The first kappa shape index (κ1) is 21.1. The molecule has 0 fully saturated rings. The molecule has 6 heteroatoms. The number of amides is 1. The van der Waals surface area contributed by atoms with E-state index >= 15 is 0 Å². The molecule has 1 N–H and O–H groups in total. The van der Waals surface area contributed by atoms with Crippen molar-refractivity contribution < 1.29 is 13.2 Å². The van der Waals surface area contributed by atoms with Gasteiger partial charge in [-0.25, -0.2) is 8.42 Å². The number of nitrogens with one attached hydrogen (secondary N) is 1. The van der Waals surface area contributed by atoms with Gasteiger partial charge in [0.05, 0.1) is 11.8 Å². The minimum absolute atomic E-state index is 0.0547. The molecule has 27 heavy (non-hydrogen) atoms. The third-order valence-electron chi connectivity index (χ3n) is 4.47. The Bertz CT molecular complexity index is 875.